The van der Waals surface area contributed by atoms with E-state index in [1.807, 2.05) is 37.3 Å². The van der Waals surface area contributed by atoms with Gasteiger partial charge in [0, 0.05) is 30.3 Å². The average Bonchev–Trinajstić information content (AvgIpc) is 3.46. The molecule has 178 valence electrons. The number of benzene rings is 1. The highest BCUT2D eigenvalue weighted by Crippen LogP contribution is 2.13. The van der Waals surface area contributed by atoms with Gasteiger partial charge in [-0.2, -0.15) is 0 Å². The zero-order valence-electron chi connectivity index (χ0n) is 19.5. The maximum atomic E-state index is 10.9. The number of carbonyl (C=O) groups excluding carboxylic acids is 4. The molecular weight excluding hydrogens is 440 g/mol. The smallest absolute Gasteiger partial charge is 0.220 e. The second kappa shape index (κ2) is 14.7. The number of hydrogen-bond acceptors (Lipinski definition) is 6. The number of nitrogens with two attached hydrogens (primary N) is 1. The number of aldehydes is 1. The number of rotatable bonds is 6. The van der Waals surface area contributed by atoms with E-state index in [1.165, 1.54) is 23.8 Å². The molecule has 3 rings (SSSR count). The molecule has 0 radical (unpaired) electrons. The second-order valence-electron chi connectivity index (χ2n) is 7.30. The van der Waals surface area contributed by atoms with Crippen LogP contribution in [0.15, 0.2) is 41.4 Å². The van der Waals surface area contributed by atoms with Crippen LogP contribution >= 0.6 is 11.3 Å². The normalized spacial score (nSPS) is 14.7. The summed E-state index contributed by atoms with van der Waals surface area (Å²) in [6.45, 7) is 5.86. The summed E-state index contributed by atoms with van der Waals surface area (Å²) >= 11 is 1.40. The highest BCUT2D eigenvalue weighted by atomic mass is 32.1. The van der Waals surface area contributed by atoms with Crippen LogP contribution in [0.2, 0.25) is 0 Å². The SMILES string of the molecule is CC(=O)C1CCC(=O)N1.CCC(=O)NCc1ccc(C=O)s1.CN=C(N)c1cccc(C)c1. The Morgan fingerprint density at radius 2 is 2.03 bits per heavy atom. The molecule has 0 spiro atoms. The highest BCUT2D eigenvalue weighted by molar-refractivity contribution is 7.13. The maximum Gasteiger partial charge on any atom is 0.220 e. The largest absolute Gasteiger partial charge is 0.384 e. The van der Waals surface area contributed by atoms with Crippen LogP contribution in [-0.2, 0) is 20.9 Å². The van der Waals surface area contributed by atoms with Crippen LogP contribution in [0.3, 0.4) is 0 Å². The molecule has 2 amide bonds. The molecule has 4 N–H and O–H groups in total. The van der Waals surface area contributed by atoms with Crippen molar-refractivity contribution in [2.45, 2.75) is 52.6 Å². The molecule has 1 aromatic carbocycles. The lowest BCUT2D eigenvalue weighted by molar-refractivity contribution is -0.123. The van der Waals surface area contributed by atoms with Crippen molar-refractivity contribution < 1.29 is 19.2 Å². The van der Waals surface area contributed by atoms with Crippen LogP contribution < -0.4 is 16.4 Å². The Morgan fingerprint density at radius 1 is 1.30 bits per heavy atom. The van der Waals surface area contributed by atoms with Crippen molar-refractivity contribution in [1.82, 2.24) is 10.6 Å². The van der Waals surface area contributed by atoms with Crippen molar-refractivity contribution in [3.05, 3.63) is 57.3 Å². The van der Waals surface area contributed by atoms with Crippen LogP contribution in [0.5, 0.6) is 0 Å². The number of hydrogen-bond donors (Lipinski definition) is 3. The van der Waals surface area contributed by atoms with Gasteiger partial charge < -0.3 is 16.4 Å². The van der Waals surface area contributed by atoms with Crippen LogP contribution in [0.25, 0.3) is 0 Å². The van der Waals surface area contributed by atoms with E-state index in [9.17, 15) is 19.2 Å². The Labute approximate surface area is 198 Å². The molecule has 1 fully saturated rings. The summed E-state index contributed by atoms with van der Waals surface area (Å²) in [6, 6.07) is 11.4. The third kappa shape index (κ3) is 10.7. The molecule has 8 nitrogen and oxygen atoms in total. The van der Waals surface area contributed by atoms with Gasteiger partial charge in [0.25, 0.3) is 0 Å². The summed E-state index contributed by atoms with van der Waals surface area (Å²) in [5, 5.41) is 5.31. The third-order valence-electron chi connectivity index (χ3n) is 4.62. The fourth-order valence-corrected chi connectivity index (χ4v) is 3.48. The summed E-state index contributed by atoms with van der Waals surface area (Å²) < 4.78 is 0. The monoisotopic (exact) mass is 472 g/mol. The Bertz CT molecular complexity index is 984. The Hall–Kier alpha value is -3.33. The molecule has 2 heterocycles. The Balaban J connectivity index is 0.000000252. The van der Waals surface area contributed by atoms with Crippen LogP contribution in [-0.4, -0.2) is 42.8 Å². The van der Waals surface area contributed by atoms with Crippen LogP contribution in [0, 0.1) is 6.92 Å². The lowest BCUT2D eigenvalue weighted by Gasteiger charge is -2.01. The topological polar surface area (TPSA) is 131 Å². The fourth-order valence-electron chi connectivity index (χ4n) is 2.72. The fraction of sp³-hybridized carbons (Fsp3) is 0.375. The number of aryl methyl sites for hydroxylation is 1. The first-order valence-corrected chi connectivity index (χ1v) is 11.4. The van der Waals surface area contributed by atoms with Crippen molar-refractivity contribution in [2.24, 2.45) is 10.7 Å². The predicted octanol–water partition coefficient (Wildman–Crippen LogP) is 2.77. The number of amidine groups is 1. The molecule has 1 saturated heterocycles. The van der Waals surface area contributed by atoms with Crippen molar-refractivity contribution in [3.8, 4) is 0 Å². The van der Waals surface area contributed by atoms with E-state index < -0.39 is 0 Å². The molecule has 1 atom stereocenters. The first-order valence-electron chi connectivity index (χ1n) is 10.6. The van der Waals surface area contributed by atoms with E-state index in [4.69, 9.17) is 5.73 Å². The van der Waals surface area contributed by atoms with Gasteiger partial charge in [-0.05, 0) is 38.5 Å². The molecule has 0 aliphatic carbocycles. The average molecular weight is 473 g/mol. The number of amides is 2. The van der Waals surface area contributed by atoms with Gasteiger partial charge in [-0.1, -0.05) is 30.7 Å². The summed E-state index contributed by atoms with van der Waals surface area (Å²) in [5.41, 5.74) is 7.81. The standard InChI is InChI=1S/C9H12N2.C9H11NO2S.C6H9NO2/c1-7-4-3-5-8(6-7)9(10)11-2;1-2-9(12)10-5-7-3-4-8(6-11)13-7;1-4(8)5-2-3-6(9)7-5/h3-6H,1-2H3,(H2,10,11);3-4,6H,2,5H2,1H3,(H,10,12);5H,2-3H2,1H3,(H,7,9). The van der Waals surface area contributed by atoms with Crippen LogP contribution in [0.4, 0.5) is 0 Å². The zero-order chi connectivity index (χ0) is 24.8. The number of thiophene rings is 1. The maximum absolute atomic E-state index is 10.9. The van der Waals surface area contributed by atoms with Gasteiger partial charge in [-0.3, -0.25) is 24.2 Å². The molecule has 9 heteroatoms. The minimum absolute atomic E-state index is 0.00444. The van der Waals surface area contributed by atoms with Crippen molar-refractivity contribution >= 4 is 41.1 Å². The van der Waals surface area contributed by atoms with E-state index in [0.717, 1.165) is 16.7 Å². The molecule has 0 bridgehead atoms. The van der Waals surface area contributed by atoms with Crippen LogP contribution in [0.1, 0.15) is 58.8 Å². The Kier molecular flexibility index (Phi) is 12.3. The molecule has 0 saturated carbocycles. The van der Waals surface area contributed by atoms with E-state index in [2.05, 4.69) is 15.6 Å². The van der Waals surface area contributed by atoms with Crippen molar-refractivity contribution in [3.63, 3.8) is 0 Å². The van der Waals surface area contributed by atoms with E-state index >= 15 is 0 Å². The minimum Gasteiger partial charge on any atom is -0.384 e. The quantitative estimate of drug-likeness (QED) is 0.338. The number of carbonyl (C=O) groups is 4. The van der Waals surface area contributed by atoms with Crippen molar-refractivity contribution in [2.75, 3.05) is 7.05 Å². The van der Waals surface area contributed by atoms with Gasteiger partial charge in [0.15, 0.2) is 12.1 Å². The molecule has 1 aliphatic heterocycles. The first kappa shape index (κ1) is 27.7. The van der Waals surface area contributed by atoms with E-state index in [1.54, 1.807) is 20.0 Å². The number of nitrogens with one attached hydrogen (secondary N) is 2. The first-order chi connectivity index (χ1) is 15.7. The second-order valence-corrected chi connectivity index (χ2v) is 8.50. The van der Waals surface area contributed by atoms with E-state index in [0.29, 0.717) is 36.5 Å². The predicted molar refractivity (Wildman–Crippen MR) is 132 cm³/mol. The zero-order valence-corrected chi connectivity index (χ0v) is 20.3. The lowest BCUT2D eigenvalue weighted by Crippen LogP contribution is -2.31. The summed E-state index contributed by atoms with van der Waals surface area (Å²) in [7, 11) is 1.69. The van der Waals surface area contributed by atoms with Gasteiger partial charge in [-0.15, -0.1) is 11.3 Å². The summed E-state index contributed by atoms with van der Waals surface area (Å²) in [6.07, 6.45) is 2.49. The minimum atomic E-state index is -0.197. The number of Topliss-reactive ketones (excluding diaryl/α,β-unsaturated/α-hetero) is 1. The highest BCUT2D eigenvalue weighted by Gasteiger charge is 2.23. The van der Waals surface area contributed by atoms with Gasteiger partial charge >= 0.3 is 0 Å². The number of aliphatic imine (C=N–C) groups is 1. The molecule has 1 unspecified atom stereocenters. The third-order valence-corrected chi connectivity index (χ3v) is 5.63. The summed E-state index contributed by atoms with van der Waals surface area (Å²) in [5.74, 6) is 0.672. The summed E-state index contributed by atoms with van der Waals surface area (Å²) in [4.78, 5) is 47.9. The molecule has 2 aromatic rings. The molecule has 1 aromatic heterocycles. The van der Waals surface area contributed by atoms with Crippen molar-refractivity contribution in [1.29, 1.82) is 0 Å². The number of nitrogens with zero attached hydrogens (tertiary/aromatic N) is 1. The Morgan fingerprint density at radius 3 is 2.48 bits per heavy atom. The molecular formula is C24H32N4O4S. The van der Waals surface area contributed by atoms with Gasteiger partial charge in [0.2, 0.25) is 11.8 Å². The molecule has 1 aliphatic rings. The number of ketones is 1. The molecule has 33 heavy (non-hydrogen) atoms. The van der Waals surface area contributed by atoms with E-state index in [-0.39, 0.29) is 23.6 Å². The van der Waals surface area contributed by atoms with Gasteiger partial charge in [0.05, 0.1) is 17.5 Å². The lowest BCUT2D eigenvalue weighted by atomic mass is 10.1. The van der Waals surface area contributed by atoms with Gasteiger partial charge in [-0.25, -0.2) is 0 Å². The van der Waals surface area contributed by atoms with Gasteiger partial charge in [0.1, 0.15) is 5.84 Å².